The summed E-state index contributed by atoms with van der Waals surface area (Å²) in [5, 5.41) is 14.6. The van der Waals surface area contributed by atoms with Gasteiger partial charge in [0.2, 0.25) is 0 Å². The van der Waals surface area contributed by atoms with E-state index in [1.54, 1.807) is 91.0 Å². The van der Waals surface area contributed by atoms with Gasteiger partial charge in [-0.25, -0.2) is 9.59 Å². The Morgan fingerprint density at radius 3 is 1.98 bits per heavy atom. The number of fused-ring (bicyclic) bond motifs is 5. The molecule has 12 nitrogen and oxygen atoms in total. The number of rotatable bonds is 10. The van der Waals surface area contributed by atoms with Gasteiger partial charge in [-0.1, -0.05) is 87.5 Å². The first kappa shape index (κ1) is 41.8. The van der Waals surface area contributed by atoms with Gasteiger partial charge in [0.15, 0.2) is 11.7 Å². The van der Waals surface area contributed by atoms with Crippen LogP contribution in [-0.4, -0.2) is 77.6 Å². The second-order valence-electron chi connectivity index (χ2n) is 17.3. The lowest BCUT2D eigenvalue weighted by atomic mass is 9.47. The molecule has 0 radical (unpaired) electrons. The molecule has 7 rings (SSSR count). The van der Waals surface area contributed by atoms with E-state index in [1.807, 2.05) is 20.8 Å². The zero-order valence-electron chi connectivity index (χ0n) is 34.3. The largest absolute Gasteiger partial charge is 0.458 e. The molecule has 1 heterocycles. The van der Waals surface area contributed by atoms with E-state index in [0.717, 1.165) is 5.57 Å². The second kappa shape index (κ2) is 16.4. The summed E-state index contributed by atoms with van der Waals surface area (Å²) in [6.45, 7) is 10.7. The predicted octanol–water partition coefficient (Wildman–Crippen LogP) is 6.47. The third-order valence-corrected chi connectivity index (χ3v) is 13.2. The van der Waals surface area contributed by atoms with Crippen LogP contribution in [0.25, 0.3) is 0 Å². The third kappa shape index (κ3) is 7.92. The van der Waals surface area contributed by atoms with E-state index in [0.29, 0.717) is 41.5 Å². The highest BCUT2D eigenvalue weighted by atomic mass is 16.6. The number of hydrogen-bond acceptors (Lipinski definition) is 11. The van der Waals surface area contributed by atoms with Gasteiger partial charge < -0.3 is 34.1 Å². The summed E-state index contributed by atoms with van der Waals surface area (Å²) in [4.78, 5) is 67.8. The van der Waals surface area contributed by atoms with Crippen molar-refractivity contribution in [2.24, 2.45) is 22.7 Å². The molecule has 2 N–H and O–H groups in total. The van der Waals surface area contributed by atoms with Crippen molar-refractivity contribution < 1.29 is 52.8 Å². The molecule has 10 unspecified atom stereocenters. The first-order valence-corrected chi connectivity index (χ1v) is 20.3. The van der Waals surface area contributed by atoms with E-state index in [9.17, 15) is 29.1 Å². The van der Waals surface area contributed by atoms with Gasteiger partial charge in [-0.2, -0.15) is 0 Å². The summed E-state index contributed by atoms with van der Waals surface area (Å²) in [5.41, 5.74) is -0.153. The van der Waals surface area contributed by atoms with Crippen LogP contribution in [0.5, 0.6) is 0 Å². The van der Waals surface area contributed by atoms with Crippen LogP contribution < -0.4 is 5.32 Å². The summed E-state index contributed by atoms with van der Waals surface area (Å²) in [5.74, 6) is -4.27. The molecule has 2 bridgehead atoms. The van der Waals surface area contributed by atoms with Crippen LogP contribution in [0.2, 0.25) is 0 Å². The van der Waals surface area contributed by atoms with Crippen molar-refractivity contribution in [1.29, 1.82) is 0 Å². The number of benzene rings is 3. The van der Waals surface area contributed by atoms with Crippen LogP contribution in [0.1, 0.15) is 99.5 Å². The molecule has 1 saturated heterocycles. The van der Waals surface area contributed by atoms with Crippen molar-refractivity contribution in [3.63, 3.8) is 0 Å². The maximum absolute atomic E-state index is 14.3. The molecule has 12 heteroatoms. The van der Waals surface area contributed by atoms with Crippen molar-refractivity contribution in [3.8, 4) is 0 Å². The number of carbonyl (C=O) groups is 5. The van der Waals surface area contributed by atoms with Crippen LogP contribution in [0, 0.1) is 22.7 Å². The maximum atomic E-state index is 14.3. The zero-order valence-corrected chi connectivity index (χ0v) is 34.3. The molecule has 3 aliphatic carbocycles. The number of esters is 4. The lowest BCUT2D eigenvalue weighted by Gasteiger charge is -2.65. The van der Waals surface area contributed by atoms with Gasteiger partial charge in [-0.15, -0.1) is 0 Å². The van der Waals surface area contributed by atoms with Crippen LogP contribution >= 0.6 is 0 Å². The normalized spacial score (nSPS) is 30.3. The van der Waals surface area contributed by atoms with E-state index in [2.05, 4.69) is 12.2 Å². The monoisotopic (exact) mass is 807 g/mol. The minimum atomic E-state index is -1.83. The Bertz CT molecular complexity index is 2100. The van der Waals surface area contributed by atoms with Crippen LogP contribution in [-0.2, 0) is 38.1 Å². The van der Waals surface area contributed by atoms with E-state index in [4.69, 9.17) is 23.7 Å². The Morgan fingerprint density at radius 1 is 0.797 bits per heavy atom. The Kier molecular flexibility index (Phi) is 11.6. The molecular weight excluding hydrogens is 755 g/mol. The summed E-state index contributed by atoms with van der Waals surface area (Å²) >= 11 is 0. The fourth-order valence-corrected chi connectivity index (χ4v) is 10.6. The summed E-state index contributed by atoms with van der Waals surface area (Å²) in [6, 6.07) is 24.6. The molecule has 10 atom stereocenters. The molecule has 4 aliphatic rings. The standard InChI is InChI=1S/C47H53NO11/c1-27-34(57-44(54)39(51)38(30-16-10-7-11-17-30)48-42(52)31-18-12-8-13-19-31)24-33-40(58-43(53)32-20-14-9-15-21-32)41-46(6,23-22-36-47(41,26-55-36)59-29(3)50)25-35(56-28(2)49)37(27)45(33,4)5/h7-21,33-36,38-41,51H,22-26H2,1-6H3,(H,48,52). The average Bonchev–Trinajstić information content (AvgIpc) is 3.19. The summed E-state index contributed by atoms with van der Waals surface area (Å²) in [6.07, 6.45) is -3.37. The maximum Gasteiger partial charge on any atom is 0.338 e. The lowest BCUT2D eigenvalue weighted by Crippen LogP contribution is -2.75. The predicted molar refractivity (Wildman–Crippen MR) is 214 cm³/mol. The van der Waals surface area contributed by atoms with Gasteiger partial charge >= 0.3 is 23.9 Å². The molecule has 2 saturated carbocycles. The smallest absolute Gasteiger partial charge is 0.338 e. The van der Waals surface area contributed by atoms with E-state index >= 15 is 0 Å². The van der Waals surface area contributed by atoms with E-state index < -0.39 is 94.6 Å². The molecule has 3 aromatic rings. The van der Waals surface area contributed by atoms with Crippen molar-refractivity contribution in [2.75, 3.05) is 6.61 Å². The number of aliphatic hydroxyl groups excluding tert-OH is 1. The first-order chi connectivity index (χ1) is 28.1. The highest BCUT2D eigenvalue weighted by molar-refractivity contribution is 5.95. The topological polar surface area (TPSA) is 164 Å². The SMILES string of the molecule is CC(=O)OC1CC2(C)CCC3OCC3(OC(C)=O)C2C(OC(=O)c2ccccc2)C2CC(OC(=O)C(O)C(NC(=O)c3ccccc3)c3ccccc3)C(C)=C1C2(C)C. The number of carbonyl (C=O) groups excluding carboxylic acids is 5. The molecule has 3 fully saturated rings. The van der Waals surface area contributed by atoms with Gasteiger partial charge in [-0.05, 0) is 84.4 Å². The Balaban J connectivity index is 1.32. The molecule has 312 valence electrons. The molecule has 0 aromatic heterocycles. The van der Waals surface area contributed by atoms with E-state index in [-0.39, 0.29) is 13.0 Å². The van der Waals surface area contributed by atoms with Crippen molar-refractivity contribution >= 4 is 29.8 Å². The minimum Gasteiger partial charge on any atom is -0.458 e. The van der Waals surface area contributed by atoms with Gasteiger partial charge in [0.1, 0.15) is 24.4 Å². The number of nitrogens with one attached hydrogen (secondary N) is 1. The van der Waals surface area contributed by atoms with Crippen LogP contribution in [0.4, 0.5) is 0 Å². The van der Waals surface area contributed by atoms with Crippen LogP contribution in [0.15, 0.2) is 102 Å². The minimum absolute atomic E-state index is 0.0875. The number of amides is 1. The lowest BCUT2D eigenvalue weighted by molar-refractivity contribution is -0.326. The quantitative estimate of drug-likeness (QED) is 0.131. The van der Waals surface area contributed by atoms with Gasteiger partial charge in [-0.3, -0.25) is 14.4 Å². The summed E-state index contributed by atoms with van der Waals surface area (Å²) in [7, 11) is 0. The molecular formula is C47H53NO11. The Hall–Kier alpha value is -5.33. The first-order valence-electron chi connectivity index (χ1n) is 20.3. The van der Waals surface area contributed by atoms with Gasteiger partial charge in [0.25, 0.3) is 5.91 Å². The van der Waals surface area contributed by atoms with Gasteiger partial charge in [0, 0.05) is 31.2 Å². The Morgan fingerprint density at radius 2 is 1.41 bits per heavy atom. The molecule has 1 amide bonds. The van der Waals surface area contributed by atoms with Crippen molar-refractivity contribution in [2.45, 2.75) is 109 Å². The molecule has 3 aromatic carbocycles. The van der Waals surface area contributed by atoms with Gasteiger partial charge in [0.05, 0.1) is 18.2 Å². The Labute approximate surface area is 344 Å². The van der Waals surface area contributed by atoms with E-state index in [1.165, 1.54) is 13.8 Å². The van der Waals surface area contributed by atoms with Crippen molar-refractivity contribution in [3.05, 3.63) is 119 Å². The fraction of sp³-hybridized carbons (Fsp3) is 0.468. The molecule has 0 spiro atoms. The highest BCUT2D eigenvalue weighted by Crippen LogP contribution is 2.64. The number of ether oxygens (including phenoxy) is 5. The third-order valence-electron chi connectivity index (χ3n) is 13.2. The molecule has 1 aliphatic heterocycles. The molecule has 59 heavy (non-hydrogen) atoms. The van der Waals surface area contributed by atoms with Crippen LogP contribution in [0.3, 0.4) is 0 Å². The number of hydrogen-bond donors (Lipinski definition) is 2. The fourth-order valence-electron chi connectivity index (χ4n) is 10.6. The zero-order chi connectivity index (χ0) is 42.3. The highest BCUT2D eigenvalue weighted by Gasteiger charge is 2.71. The summed E-state index contributed by atoms with van der Waals surface area (Å²) < 4.78 is 31.6. The van der Waals surface area contributed by atoms with Crippen molar-refractivity contribution in [1.82, 2.24) is 5.32 Å². The number of aliphatic hydroxyl groups is 1. The average molecular weight is 808 g/mol. The second-order valence-corrected chi connectivity index (χ2v) is 17.3.